The van der Waals surface area contributed by atoms with E-state index in [9.17, 15) is 18.0 Å². The molecule has 0 atom stereocenters. The number of pyridine rings is 1. The van der Waals surface area contributed by atoms with Gasteiger partial charge in [0, 0.05) is 23.5 Å². The Hall–Kier alpha value is -2.17. The zero-order valence-corrected chi connectivity index (χ0v) is 9.11. The van der Waals surface area contributed by atoms with Gasteiger partial charge in [0.25, 0.3) is 6.43 Å². The second kappa shape index (κ2) is 5.00. The van der Waals surface area contributed by atoms with Crippen LogP contribution in [0.15, 0.2) is 42.7 Å². The molecule has 1 aromatic heterocycles. The van der Waals surface area contributed by atoms with Crippen LogP contribution in [-0.4, -0.2) is 10.8 Å². The third kappa shape index (κ3) is 2.40. The predicted molar refractivity (Wildman–Crippen MR) is 59.0 cm³/mol. The second-order valence-corrected chi connectivity index (χ2v) is 3.60. The van der Waals surface area contributed by atoms with Crippen molar-refractivity contribution < 1.29 is 18.0 Å². The monoisotopic (exact) mass is 251 g/mol. The lowest BCUT2D eigenvalue weighted by Gasteiger charge is -2.05. The molecule has 2 rings (SSSR count). The molecule has 0 aliphatic heterocycles. The standard InChI is InChI=1S/C13H8F3NO/c14-11-7-9(13(15)16)1-2-10(11)12(18)8-3-5-17-6-4-8/h1-7,13H. The van der Waals surface area contributed by atoms with Crippen LogP contribution in [0.3, 0.4) is 0 Å². The molecule has 0 fully saturated rings. The Balaban J connectivity index is 2.38. The van der Waals surface area contributed by atoms with Crippen molar-refractivity contribution in [3.05, 3.63) is 65.2 Å². The molecule has 0 bridgehead atoms. The van der Waals surface area contributed by atoms with E-state index in [1.807, 2.05) is 0 Å². The highest BCUT2D eigenvalue weighted by atomic mass is 19.3. The van der Waals surface area contributed by atoms with E-state index >= 15 is 0 Å². The number of hydrogen-bond acceptors (Lipinski definition) is 2. The molecule has 0 N–H and O–H groups in total. The Bertz CT molecular complexity index is 570. The lowest BCUT2D eigenvalue weighted by Crippen LogP contribution is -2.05. The summed E-state index contributed by atoms with van der Waals surface area (Å²) in [6.45, 7) is 0. The summed E-state index contributed by atoms with van der Waals surface area (Å²) < 4.78 is 38.3. The van der Waals surface area contributed by atoms with Crippen molar-refractivity contribution in [2.75, 3.05) is 0 Å². The maximum atomic E-state index is 13.6. The quantitative estimate of drug-likeness (QED) is 0.782. The molecule has 92 valence electrons. The minimum atomic E-state index is -2.76. The summed E-state index contributed by atoms with van der Waals surface area (Å²) in [5.74, 6) is -1.51. The van der Waals surface area contributed by atoms with Crippen LogP contribution in [0.5, 0.6) is 0 Å². The Morgan fingerprint density at radius 2 is 1.78 bits per heavy atom. The molecule has 0 spiro atoms. The fourth-order valence-electron chi connectivity index (χ4n) is 1.51. The van der Waals surface area contributed by atoms with E-state index in [0.29, 0.717) is 6.07 Å². The molecule has 0 radical (unpaired) electrons. The van der Waals surface area contributed by atoms with E-state index in [-0.39, 0.29) is 11.1 Å². The van der Waals surface area contributed by atoms with Gasteiger partial charge >= 0.3 is 0 Å². The topological polar surface area (TPSA) is 30.0 Å². The van der Waals surface area contributed by atoms with E-state index in [1.54, 1.807) is 0 Å². The molecule has 0 aliphatic rings. The molecule has 5 heteroatoms. The summed E-state index contributed by atoms with van der Waals surface area (Å²) in [6, 6.07) is 5.66. The van der Waals surface area contributed by atoms with Crippen molar-refractivity contribution in [1.29, 1.82) is 0 Å². The van der Waals surface area contributed by atoms with E-state index < -0.39 is 23.6 Å². The van der Waals surface area contributed by atoms with Gasteiger partial charge in [-0.15, -0.1) is 0 Å². The molecular formula is C13H8F3NO. The fraction of sp³-hybridized carbons (Fsp3) is 0.0769. The Morgan fingerprint density at radius 1 is 1.11 bits per heavy atom. The number of halogens is 3. The van der Waals surface area contributed by atoms with Crippen LogP contribution in [0.1, 0.15) is 27.9 Å². The summed E-state index contributed by atoms with van der Waals surface area (Å²) in [5.41, 5.74) is -0.418. The number of aromatic nitrogens is 1. The first-order valence-corrected chi connectivity index (χ1v) is 5.12. The SMILES string of the molecule is O=C(c1ccncc1)c1ccc(C(F)F)cc1F. The van der Waals surface area contributed by atoms with Crippen LogP contribution < -0.4 is 0 Å². The van der Waals surface area contributed by atoms with E-state index in [0.717, 1.165) is 12.1 Å². The Kier molecular flexibility index (Phi) is 3.41. The van der Waals surface area contributed by atoms with Crippen molar-refractivity contribution in [2.24, 2.45) is 0 Å². The fourth-order valence-corrected chi connectivity index (χ4v) is 1.51. The van der Waals surface area contributed by atoms with Crippen molar-refractivity contribution in [3.8, 4) is 0 Å². The maximum absolute atomic E-state index is 13.6. The van der Waals surface area contributed by atoms with Crippen LogP contribution in [0.2, 0.25) is 0 Å². The second-order valence-electron chi connectivity index (χ2n) is 3.60. The highest BCUT2D eigenvalue weighted by Gasteiger charge is 2.16. The summed E-state index contributed by atoms with van der Waals surface area (Å²) in [7, 11) is 0. The lowest BCUT2D eigenvalue weighted by atomic mass is 10.0. The summed E-state index contributed by atoms with van der Waals surface area (Å²) in [4.78, 5) is 15.6. The number of benzene rings is 1. The van der Waals surface area contributed by atoms with E-state index in [4.69, 9.17) is 0 Å². The third-order valence-electron chi connectivity index (χ3n) is 2.43. The highest BCUT2D eigenvalue weighted by Crippen LogP contribution is 2.22. The smallest absolute Gasteiger partial charge is 0.263 e. The molecule has 0 aliphatic carbocycles. The van der Waals surface area contributed by atoms with Gasteiger partial charge in [0.15, 0.2) is 5.78 Å². The molecule has 1 aromatic carbocycles. The first-order chi connectivity index (χ1) is 8.59. The van der Waals surface area contributed by atoms with Crippen LogP contribution in [-0.2, 0) is 0 Å². The average Bonchev–Trinajstić information content (AvgIpc) is 2.38. The van der Waals surface area contributed by atoms with Crippen LogP contribution >= 0.6 is 0 Å². The minimum Gasteiger partial charge on any atom is -0.288 e. The molecule has 2 nitrogen and oxygen atoms in total. The third-order valence-corrected chi connectivity index (χ3v) is 2.43. The van der Waals surface area contributed by atoms with Gasteiger partial charge in [-0.25, -0.2) is 13.2 Å². The van der Waals surface area contributed by atoms with Crippen molar-refractivity contribution in [3.63, 3.8) is 0 Å². The molecule has 0 saturated carbocycles. The number of ketones is 1. The van der Waals surface area contributed by atoms with Crippen molar-refractivity contribution >= 4 is 5.78 Å². The van der Waals surface area contributed by atoms with Gasteiger partial charge in [0.2, 0.25) is 0 Å². The molecule has 1 heterocycles. The average molecular weight is 251 g/mol. The zero-order chi connectivity index (χ0) is 13.1. The maximum Gasteiger partial charge on any atom is 0.263 e. The predicted octanol–water partition coefficient (Wildman–Crippen LogP) is 3.39. The van der Waals surface area contributed by atoms with Gasteiger partial charge in [0.05, 0.1) is 5.56 Å². The number of hydrogen-bond donors (Lipinski definition) is 0. The van der Waals surface area contributed by atoms with Crippen LogP contribution in [0, 0.1) is 5.82 Å². The molecule has 0 amide bonds. The first kappa shape index (κ1) is 12.3. The lowest BCUT2D eigenvalue weighted by molar-refractivity contribution is 0.103. The van der Waals surface area contributed by atoms with Gasteiger partial charge in [-0.3, -0.25) is 9.78 Å². The largest absolute Gasteiger partial charge is 0.288 e. The number of carbonyl (C=O) groups excluding carboxylic acids is 1. The summed E-state index contributed by atoms with van der Waals surface area (Å²) in [5, 5.41) is 0. The number of carbonyl (C=O) groups is 1. The zero-order valence-electron chi connectivity index (χ0n) is 9.11. The minimum absolute atomic E-state index is 0.231. The van der Waals surface area contributed by atoms with Crippen molar-refractivity contribution in [2.45, 2.75) is 6.43 Å². The number of alkyl halides is 2. The van der Waals surface area contributed by atoms with Gasteiger partial charge in [0.1, 0.15) is 5.82 Å². The Morgan fingerprint density at radius 3 is 2.33 bits per heavy atom. The molecule has 2 aromatic rings. The van der Waals surface area contributed by atoms with Gasteiger partial charge in [-0.2, -0.15) is 0 Å². The van der Waals surface area contributed by atoms with Gasteiger partial charge in [-0.1, -0.05) is 6.07 Å². The van der Waals surface area contributed by atoms with Crippen molar-refractivity contribution in [1.82, 2.24) is 4.98 Å². The normalized spacial score (nSPS) is 10.7. The number of nitrogens with zero attached hydrogens (tertiary/aromatic N) is 1. The van der Waals surface area contributed by atoms with Gasteiger partial charge < -0.3 is 0 Å². The highest BCUT2D eigenvalue weighted by molar-refractivity contribution is 6.09. The summed E-state index contributed by atoms with van der Waals surface area (Å²) >= 11 is 0. The van der Waals surface area contributed by atoms with Gasteiger partial charge in [-0.05, 0) is 24.3 Å². The molecule has 0 saturated heterocycles. The molecular weight excluding hydrogens is 243 g/mol. The number of rotatable bonds is 3. The molecule has 0 unspecified atom stereocenters. The van der Waals surface area contributed by atoms with E-state index in [1.165, 1.54) is 24.5 Å². The Labute approximate surface area is 101 Å². The van der Waals surface area contributed by atoms with Crippen LogP contribution in [0.25, 0.3) is 0 Å². The molecule has 18 heavy (non-hydrogen) atoms. The first-order valence-electron chi connectivity index (χ1n) is 5.12. The summed E-state index contributed by atoms with van der Waals surface area (Å²) in [6.07, 6.45) is 0.0433. The van der Waals surface area contributed by atoms with Crippen LogP contribution in [0.4, 0.5) is 13.2 Å². The van der Waals surface area contributed by atoms with E-state index in [2.05, 4.69) is 4.98 Å².